The molecule has 100 valence electrons. The second-order valence-corrected chi connectivity index (χ2v) is 4.70. The largest absolute Gasteiger partial charge is 0.488 e. The van der Waals surface area contributed by atoms with Gasteiger partial charge in [0.05, 0.1) is 5.57 Å². The molecule has 2 aromatic carbocycles. The van der Waals surface area contributed by atoms with Crippen LogP contribution >= 0.6 is 0 Å². The Morgan fingerprint density at radius 3 is 2.65 bits per heavy atom. The van der Waals surface area contributed by atoms with Gasteiger partial charge in [0.1, 0.15) is 18.1 Å². The van der Waals surface area contributed by atoms with E-state index in [1.54, 1.807) is 12.1 Å². The average molecular weight is 266 g/mol. The number of para-hydroxylation sites is 1. The molecule has 0 unspecified atom stereocenters. The lowest BCUT2D eigenvalue weighted by atomic mass is 10.1. The first-order valence-corrected chi connectivity index (χ1v) is 6.43. The third-order valence-corrected chi connectivity index (χ3v) is 3.13. The van der Waals surface area contributed by atoms with Crippen molar-refractivity contribution < 1.29 is 14.3 Å². The van der Waals surface area contributed by atoms with Gasteiger partial charge in [-0.15, -0.1) is 0 Å². The summed E-state index contributed by atoms with van der Waals surface area (Å²) in [5, 5.41) is 0. The van der Waals surface area contributed by atoms with Crippen LogP contribution in [0.5, 0.6) is 11.5 Å². The molecule has 0 radical (unpaired) electrons. The monoisotopic (exact) mass is 266 g/mol. The first-order valence-electron chi connectivity index (χ1n) is 6.43. The van der Waals surface area contributed by atoms with Gasteiger partial charge in [-0.2, -0.15) is 0 Å². The molecule has 3 heteroatoms. The van der Waals surface area contributed by atoms with E-state index in [2.05, 4.69) is 0 Å². The van der Waals surface area contributed by atoms with Gasteiger partial charge in [-0.05, 0) is 31.2 Å². The number of benzene rings is 2. The summed E-state index contributed by atoms with van der Waals surface area (Å²) >= 11 is 0. The molecule has 0 saturated carbocycles. The van der Waals surface area contributed by atoms with E-state index in [1.807, 2.05) is 49.4 Å². The zero-order chi connectivity index (χ0) is 13.9. The van der Waals surface area contributed by atoms with Gasteiger partial charge in [0.25, 0.3) is 0 Å². The number of rotatable bonds is 2. The van der Waals surface area contributed by atoms with Gasteiger partial charge in [0.2, 0.25) is 0 Å². The highest BCUT2D eigenvalue weighted by Crippen LogP contribution is 2.26. The highest BCUT2D eigenvalue weighted by molar-refractivity contribution is 5.96. The minimum atomic E-state index is -0.372. The first-order chi connectivity index (χ1) is 9.72. The molecule has 20 heavy (non-hydrogen) atoms. The van der Waals surface area contributed by atoms with E-state index < -0.39 is 0 Å². The number of carbonyl (C=O) groups excluding carboxylic acids is 1. The number of hydrogen-bond donors (Lipinski definition) is 0. The van der Waals surface area contributed by atoms with Crippen LogP contribution in [0.15, 0.2) is 54.1 Å². The van der Waals surface area contributed by atoms with Crippen molar-refractivity contribution in [3.8, 4) is 11.5 Å². The van der Waals surface area contributed by atoms with Gasteiger partial charge in [-0.3, -0.25) is 0 Å². The number of fused-ring (bicyclic) bond motifs is 1. The van der Waals surface area contributed by atoms with Crippen LogP contribution in [0.4, 0.5) is 0 Å². The molecule has 1 heterocycles. The Hall–Kier alpha value is -2.55. The van der Waals surface area contributed by atoms with E-state index in [0.717, 1.165) is 16.9 Å². The van der Waals surface area contributed by atoms with E-state index in [9.17, 15) is 4.79 Å². The number of carbonyl (C=O) groups is 1. The van der Waals surface area contributed by atoms with Gasteiger partial charge in [-0.1, -0.05) is 35.9 Å². The van der Waals surface area contributed by atoms with Gasteiger partial charge in [-0.25, -0.2) is 4.79 Å². The van der Waals surface area contributed by atoms with Crippen LogP contribution in [0, 0.1) is 6.92 Å². The highest BCUT2D eigenvalue weighted by atomic mass is 16.5. The molecule has 3 rings (SSSR count). The number of esters is 1. The minimum Gasteiger partial charge on any atom is -0.488 e. The summed E-state index contributed by atoms with van der Waals surface area (Å²) in [5.41, 5.74) is 2.54. The van der Waals surface area contributed by atoms with E-state index in [-0.39, 0.29) is 12.6 Å². The van der Waals surface area contributed by atoms with Crippen molar-refractivity contribution in [1.29, 1.82) is 0 Å². The second kappa shape index (κ2) is 5.21. The van der Waals surface area contributed by atoms with Crippen LogP contribution in [0.1, 0.15) is 11.1 Å². The molecule has 0 N–H and O–H groups in total. The Labute approximate surface area is 117 Å². The molecule has 1 aliphatic heterocycles. The highest BCUT2D eigenvalue weighted by Gasteiger charge is 2.18. The number of aryl methyl sites for hydroxylation is 1. The Morgan fingerprint density at radius 2 is 1.85 bits per heavy atom. The molecule has 3 nitrogen and oxygen atoms in total. The normalized spacial score (nSPS) is 12.9. The molecule has 0 spiro atoms. The zero-order valence-electron chi connectivity index (χ0n) is 11.1. The average Bonchev–Trinajstić information content (AvgIpc) is 2.49. The molecule has 0 aromatic heterocycles. The maximum atomic E-state index is 12.1. The molecule has 0 atom stereocenters. The molecule has 0 fully saturated rings. The zero-order valence-corrected chi connectivity index (χ0v) is 11.1. The third-order valence-electron chi connectivity index (χ3n) is 3.13. The third kappa shape index (κ3) is 2.57. The van der Waals surface area contributed by atoms with Crippen LogP contribution in [-0.2, 0) is 4.79 Å². The summed E-state index contributed by atoms with van der Waals surface area (Å²) in [6.07, 6.45) is 1.81. The lowest BCUT2D eigenvalue weighted by molar-refractivity contribution is -0.130. The fraction of sp³-hybridized carbons (Fsp3) is 0.118. The summed E-state index contributed by atoms with van der Waals surface area (Å²) in [6.45, 7) is 2.22. The molecule has 1 aliphatic rings. The van der Waals surface area contributed by atoms with Crippen molar-refractivity contribution in [1.82, 2.24) is 0 Å². The Bertz CT molecular complexity index is 669. The van der Waals surface area contributed by atoms with Gasteiger partial charge in [0.15, 0.2) is 0 Å². The minimum absolute atomic E-state index is 0.238. The smallest absolute Gasteiger partial charge is 0.342 e. The molecule has 0 saturated heterocycles. The van der Waals surface area contributed by atoms with Crippen LogP contribution in [-0.4, -0.2) is 12.6 Å². The van der Waals surface area contributed by atoms with E-state index >= 15 is 0 Å². The summed E-state index contributed by atoms with van der Waals surface area (Å²) < 4.78 is 10.9. The lowest BCUT2D eigenvalue weighted by Gasteiger charge is -2.16. The summed E-state index contributed by atoms with van der Waals surface area (Å²) in [4.78, 5) is 12.1. The topological polar surface area (TPSA) is 35.5 Å². The number of ether oxygens (including phenoxy) is 2. The Morgan fingerprint density at radius 1 is 1.10 bits per heavy atom. The SMILES string of the molecule is Cc1ccc(OC(=O)C2=Cc3ccccc3OC2)cc1. The summed E-state index contributed by atoms with van der Waals surface area (Å²) in [6, 6.07) is 15.0. The predicted octanol–water partition coefficient (Wildman–Crippen LogP) is 3.38. The van der Waals surface area contributed by atoms with E-state index in [1.165, 1.54) is 0 Å². The molecule has 0 bridgehead atoms. The van der Waals surface area contributed by atoms with E-state index in [0.29, 0.717) is 11.3 Å². The standard InChI is InChI=1S/C17H14O3/c1-12-6-8-15(9-7-12)20-17(18)14-10-13-4-2-3-5-16(13)19-11-14/h2-10H,11H2,1H3. The second-order valence-electron chi connectivity index (χ2n) is 4.70. The van der Waals surface area contributed by atoms with Crippen molar-refractivity contribution >= 4 is 12.0 Å². The summed E-state index contributed by atoms with van der Waals surface area (Å²) in [7, 11) is 0. The van der Waals surface area contributed by atoms with Crippen LogP contribution in [0.2, 0.25) is 0 Å². The predicted molar refractivity (Wildman–Crippen MR) is 76.7 cm³/mol. The van der Waals surface area contributed by atoms with Gasteiger partial charge in [0, 0.05) is 5.56 Å². The van der Waals surface area contributed by atoms with Crippen LogP contribution in [0.25, 0.3) is 6.08 Å². The van der Waals surface area contributed by atoms with Crippen molar-refractivity contribution in [2.24, 2.45) is 0 Å². The fourth-order valence-electron chi connectivity index (χ4n) is 2.01. The van der Waals surface area contributed by atoms with Crippen molar-refractivity contribution in [3.05, 3.63) is 65.2 Å². The van der Waals surface area contributed by atoms with E-state index in [4.69, 9.17) is 9.47 Å². The van der Waals surface area contributed by atoms with Crippen molar-refractivity contribution in [2.75, 3.05) is 6.61 Å². The number of hydrogen-bond acceptors (Lipinski definition) is 3. The molecule has 2 aromatic rings. The maximum Gasteiger partial charge on any atom is 0.342 e. The Balaban J connectivity index is 1.78. The molecule has 0 amide bonds. The maximum absolute atomic E-state index is 12.1. The summed E-state index contributed by atoms with van der Waals surface area (Å²) in [5.74, 6) is 0.961. The van der Waals surface area contributed by atoms with Gasteiger partial charge < -0.3 is 9.47 Å². The van der Waals surface area contributed by atoms with Crippen LogP contribution < -0.4 is 9.47 Å². The van der Waals surface area contributed by atoms with Crippen molar-refractivity contribution in [2.45, 2.75) is 6.92 Å². The quantitative estimate of drug-likeness (QED) is 0.617. The molecular weight excluding hydrogens is 252 g/mol. The lowest BCUT2D eigenvalue weighted by Crippen LogP contribution is -2.19. The molecular formula is C17H14O3. The fourth-order valence-corrected chi connectivity index (χ4v) is 2.01. The van der Waals surface area contributed by atoms with Crippen LogP contribution in [0.3, 0.4) is 0 Å². The van der Waals surface area contributed by atoms with Gasteiger partial charge >= 0.3 is 5.97 Å². The Kier molecular flexibility index (Phi) is 3.25. The first kappa shape index (κ1) is 12.5. The molecule has 0 aliphatic carbocycles. The van der Waals surface area contributed by atoms with Crippen molar-refractivity contribution in [3.63, 3.8) is 0 Å².